The molecule has 2 aromatic rings. The zero-order valence-electron chi connectivity index (χ0n) is 14.4. The number of nitrogens with zero attached hydrogens (tertiary/aromatic N) is 3. The van der Waals surface area contributed by atoms with E-state index in [-0.39, 0.29) is 23.0 Å². The van der Waals surface area contributed by atoms with Crippen LogP contribution in [0.1, 0.15) is 12.5 Å². The monoisotopic (exact) mass is 508 g/mol. The van der Waals surface area contributed by atoms with Crippen molar-refractivity contribution in [3.8, 4) is 17.5 Å². The van der Waals surface area contributed by atoms with E-state index in [1.54, 1.807) is 29.5 Å². The van der Waals surface area contributed by atoms with Gasteiger partial charge in [-0.25, -0.2) is 19.7 Å². The normalized spacial score (nSPS) is 19.6. The molecule has 1 saturated heterocycles. The summed E-state index contributed by atoms with van der Waals surface area (Å²) in [5.41, 5.74) is 0.390. The number of carbonyl (C=O) groups is 2. The van der Waals surface area contributed by atoms with Gasteiger partial charge in [0.25, 0.3) is 5.91 Å². The van der Waals surface area contributed by atoms with Gasteiger partial charge in [0.05, 0.1) is 18.1 Å². The van der Waals surface area contributed by atoms with Crippen molar-refractivity contribution in [1.82, 2.24) is 15.3 Å². The van der Waals surface area contributed by atoms with Gasteiger partial charge in [-0.05, 0) is 48.1 Å². The van der Waals surface area contributed by atoms with E-state index in [9.17, 15) is 22.8 Å². The highest BCUT2D eigenvalue weighted by Crippen LogP contribution is 2.32. The molecule has 1 atom stereocenters. The molecule has 1 aliphatic heterocycles. The van der Waals surface area contributed by atoms with Gasteiger partial charge in [-0.3, -0.25) is 4.79 Å². The number of ether oxygens (including phenoxy) is 2. The second kappa shape index (κ2) is 7.07. The predicted molar refractivity (Wildman–Crippen MR) is 98.4 cm³/mol. The molecule has 148 valence electrons. The van der Waals surface area contributed by atoms with Gasteiger partial charge in [0.1, 0.15) is 11.5 Å². The number of benzene rings is 1. The molecule has 1 N–H and O–H groups in total. The third-order valence-electron chi connectivity index (χ3n) is 3.62. The number of hydrogen-bond acceptors (Lipinski definition) is 6. The van der Waals surface area contributed by atoms with Crippen LogP contribution in [0.2, 0.25) is 0 Å². The predicted octanol–water partition coefficient (Wildman–Crippen LogP) is 3.68. The Morgan fingerprint density at radius 3 is 2.39 bits per heavy atom. The van der Waals surface area contributed by atoms with Gasteiger partial charge in [0, 0.05) is 6.07 Å². The summed E-state index contributed by atoms with van der Waals surface area (Å²) >= 11 is 1.81. The summed E-state index contributed by atoms with van der Waals surface area (Å²) in [5.74, 6) is -0.877. The second-order valence-electron chi connectivity index (χ2n) is 5.87. The quantitative estimate of drug-likeness (QED) is 0.293. The molecule has 1 aromatic carbocycles. The van der Waals surface area contributed by atoms with Crippen LogP contribution < -0.4 is 19.7 Å². The van der Waals surface area contributed by atoms with Crippen LogP contribution in [0.5, 0.6) is 17.5 Å². The van der Waals surface area contributed by atoms with Crippen LogP contribution in [0, 0.1) is 6.92 Å². The number of hydrogen-bond donors (Lipinski definition) is 1. The van der Waals surface area contributed by atoms with Gasteiger partial charge in [-0.2, -0.15) is 0 Å². The van der Waals surface area contributed by atoms with Gasteiger partial charge in [0.15, 0.2) is 3.55 Å². The second-order valence-corrected chi connectivity index (χ2v) is 8.03. The lowest BCUT2D eigenvalue weighted by molar-refractivity contribution is -0.274. The lowest BCUT2D eigenvalue weighted by atomic mass is 10.2. The molecule has 0 aliphatic carbocycles. The van der Waals surface area contributed by atoms with Gasteiger partial charge >= 0.3 is 18.4 Å². The average molecular weight is 508 g/mol. The lowest BCUT2D eigenvalue weighted by Crippen LogP contribution is -2.36. The fourth-order valence-corrected chi connectivity index (χ4v) is 2.78. The Kier molecular flexibility index (Phi) is 5.08. The Bertz CT molecular complexity index is 934. The van der Waals surface area contributed by atoms with Gasteiger partial charge in [-0.1, -0.05) is 6.07 Å². The number of halogens is 4. The molecule has 2 heterocycles. The Morgan fingerprint density at radius 2 is 1.86 bits per heavy atom. The van der Waals surface area contributed by atoms with E-state index < -0.39 is 27.6 Å². The number of aryl methyl sites for hydroxylation is 1. The van der Waals surface area contributed by atoms with E-state index in [1.807, 2.05) is 0 Å². The Balaban J connectivity index is 1.78. The smallest absolute Gasteiger partial charge is 0.424 e. The number of alkyl halides is 4. The summed E-state index contributed by atoms with van der Waals surface area (Å²) in [6.07, 6.45) is -2.45. The average Bonchev–Trinajstić information content (AvgIpc) is 2.78. The molecule has 1 aliphatic rings. The number of rotatable bonds is 4. The first-order valence-corrected chi connectivity index (χ1v) is 8.76. The van der Waals surface area contributed by atoms with E-state index in [4.69, 9.17) is 4.74 Å². The summed E-state index contributed by atoms with van der Waals surface area (Å²) in [6, 6.07) is 3.06. The molecule has 1 unspecified atom stereocenters. The highest BCUT2D eigenvalue weighted by atomic mass is 127. The maximum Gasteiger partial charge on any atom is 0.573 e. The van der Waals surface area contributed by atoms with Crippen LogP contribution in [-0.4, -0.2) is 31.8 Å². The third-order valence-corrected chi connectivity index (χ3v) is 4.35. The highest BCUT2D eigenvalue weighted by molar-refractivity contribution is 14.1. The van der Waals surface area contributed by atoms with E-state index in [1.165, 1.54) is 31.5 Å². The van der Waals surface area contributed by atoms with Crippen molar-refractivity contribution in [3.63, 3.8) is 0 Å². The van der Waals surface area contributed by atoms with Gasteiger partial charge < -0.3 is 14.8 Å². The molecule has 1 fully saturated rings. The van der Waals surface area contributed by atoms with Crippen molar-refractivity contribution in [2.75, 3.05) is 4.90 Å². The van der Waals surface area contributed by atoms with Gasteiger partial charge in [-0.15, -0.1) is 13.2 Å². The van der Waals surface area contributed by atoms with Crippen molar-refractivity contribution < 1.29 is 32.2 Å². The summed E-state index contributed by atoms with van der Waals surface area (Å²) < 4.78 is 45.5. The maximum absolute atomic E-state index is 12.4. The highest BCUT2D eigenvalue weighted by Gasteiger charge is 2.47. The number of aromatic nitrogens is 2. The van der Waals surface area contributed by atoms with Gasteiger partial charge in [0.2, 0.25) is 0 Å². The molecule has 12 heteroatoms. The molecule has 0 spiro atoms. The summed E-state index contributed by atoms with van der Waals surface area (Å²) in [4.78, 5) is 32.9. The van der Waals surface area contributed by atoms with Crippen molar-refractivity contribution in [1.29, 1.82) is 0 Å². The zero-order chi connectivity index (χ0) is 20.7. The third kappa shape index (κ3) is 4.26. The summed E-state index contributed by atoms with van der Waals surface area (Å²) in [7, 11) is 0. The van der Waals surface area contributed by atoms with Crippen LogP contribution in [0.3, 0.4) is 0 Å². The molecule has 3 rings (SSSR count). The Morgan fingerprint density at radius 1 is 1.21 bits per heavy atom. The maximum atomic E-state index is 12.4. The zero-order valence-corrected chi connectivity index (χ0v) is 16.5. The van der Waals surface area contributed by atoms with Crippen LogP contribution in [0.4, 0.5) is 23.7 Å². The van der Waals surface area contributed by atoms with Crippen molar-refractivity contribution in [2.24, 2.45) is 0 Å². The Labute approximate surface area is 170 Å². The number of nitrogens with one attached hydrogen (secondary N) is 1. The number of amides is 3. The number of imide groups is 1. The number of anilines is 1. The van der Waals surface area contributed by atoms with Crippen molar-refractivity contribution >= 4 is 40.2 Å². The molecular weight excluding hydrogens is 496 g/mol. The van der Waals surface area contributed by atoms with Crippen LogP contribution in [-0.2, 0) is 4.79 Å². The molecule has 0 bridgehead atoms. The largest absolute Gasteiger partial charge is 0.573 e. The van der Waals surface area contributed by atoms with Crippen molar-refractivity contribution in [2.45, 2.75) is 23.8 Å². The molecule has 8 nitrogen and oxygen atoms in total. The number of carbonyl (C=O) groups excluding carboxylic acids is 2. The lowest BCUT2D eigenvalue weighted by Gasteiger charge is -2.14. The fraction of sp³-hybridized carbons (Fsp3) is 0.250. The van der Waals surface area contributed by atoms with E-state index in [0.29, 0.717) is 0 Å². The first kappa shape index (κ1) is 20.1. The van der Waals surface area contributed by atoms with E-state index >= 15 is 0 Å². The minimum absolute atomic E-state index is 0.0208. The van der Waals surface area contributed by atoms with Crippen LogP contribution in [0.15, 0.2) is 30.6 Å². The molecular formula is C16H12F3IN4O4. The molecule has 28 heavy (non-hydrogen) atoms. The molecule has 1 aromatic heterocycles. The van der Waals surface area contributed by atoms with E-state index in [0.717, 1.165) is 11.0 Å². The van der Waals surface area contributed by atoms with Crippen molar-refractivity contribution in [3.05, 3.63) is 36.2 Å². The molecule has 0 radical (unpaired) electrons. The van der Waals surface area contributed by atoms with E-state index in [2.05, 4.69) is 20.0 Å². The fourth-order valence-electron chi connectivity index (χ4n) is 2.31. The topological polar surface area (TPSA) is 93.7 Å². The minimum atomic E-state index is -4.84. The SMILES string of the molecule is Cc1ccc(Oc2ncc(N3C(=O)NC(C)(I)C3=O)cn2)cc1OC(F)(F)F. The van der Waals surface area contributed by atoms with Crippen LogP contribution >= 0.6 is 22.6 Å². The summed E-state index contributed by atoms with van der Waals surface area (Å²) in [5, 5.41) is 2.51. The molecule has 0 saturated carbocycles. The minimum Gasteiger partial charge on any atom is -0.424 e. The van der Waals surface area contributed by atoms with Crippen LogP contribution in [0.25, 0.3) is 0 Å². The molecule has 3 amide bonds. The first-order chi connectivity index (χ1) is 13.0. The Hall–Kier alpha value is -2.64. The number of urea groups is 1. The first-order valence-electron chi connectivity index (χ1n) is 7.68. The summed E-state index contributed by atoms with van der Waals surface area (Å²) in [6.45, 7) is 3.00. The standard InChI is InChI=1S/C16H12F3IN4O4/c1-8-3-4-10(5-11(8)28-16(17,18)19)27-13-21-6-9(7-22-13)24-12(25)15(2,20)23-14(24)26/h3-7H,1-2H3,(H,23,26).